The third-order valence-electron chi connectivity index (χ3n) is 6.19. The highest BCUT2D eigenvalue weighted by Gasteiger charge is 2.32. The molecule has 0 saturated heterocycles. The van der Waals surface area contributed by atoms with E-state index in [1.54, 1.807) is 37.3 Å². The molecule has 0 heterocycles. The summed E-state index contributed by atoms with van der Waals surface area (Å²) in [6.45, 7) is 6.93. The molecule has 3 aromatic rings. The molecule has 0 saturated carbocycles. The van der Waals surface area contributed by atoms with E-state index < -0.39 is 28.5 Å². The molecule has 0 bridgehead atoms. The van der Waals surface area contributed by atoms with Gasteiger partial charge in [-0.1, -0.05) is 63.5 Å². The van der Waals surface area contributed by atoms with Gasteiger partial charge in [0.1, 0.15) is 12.6 Å². The van der Waals surface area contributed by atoms with Gasteiger partial charge in [0.2, 0.25) is 11.8 Å². The van der Waals surface area contributed by atoms with Crippen LogP contribution in [0.4, 0.5) is 5.69 Å². The van der Waals surface area contributed by atoms with Crippen LogP contribution in [0.25, 0.3) is 0 Å². The Balaban J connectivity index is 2.06. The third kappa shape index (κ3) is 6.78. The molecule has 9 heteroatoms. The molecule has 0 spiro atoms. The first-order chi connectivity index (χ1) is 17.4. The van der Waals surface area contributed by atoms with Gasteiger partial charge in [-0.2, -0.15) is 0 Å². The van der Waals surface area contributed by atoms with Crippen LogP contribution in [-0.4, -0.2) is 44.8 Å². The number of rotatable bonds is 9. The molecule has 0 fully saturated rings. The lowest BCUT2D eigenvalue weighted by molar-refractivity contribution is -0.139. The zero-order valence-electron chi connectivity index (χ0n) is 21.7. The van der Waals surface area contributed by atoms with Gasteiger partial charge in [0, 0.05) is 18.1 Å². The molecule has 1 N–H and O–H groups in total. The molecular formula is C28H32BrN3O4S. The van der Waals surface area contributed by atoms with Gasteiger partial charge in [-0.15, -0.1) is 0 Å². The Morgan fingerprint density at radius 3 is 2.08 bits per heavy atom. The smallest absolute Gasteiger partial charge is 0.264 e. The van der Waals surface area contributed by atoms with E-state index in [0.29, 0.717) is 5.69 Å². The van der Waals surface area contributed by atoms with Crippen molar-refractivity contribution in [2.75, 3.05) is 17.9 Å². The van der Waals surface area contributed by atoms with Crippen molar-refractivity contribution in [2.45, 2.75) is 45.2 Å². The minimum atomic E-state index is -4.09. The molecule has 2 amide bonds. The molecule has 3 rings (SSSR count). The van der Waals surface area contributed by atoms with Crippen LogP contribution in [0.3, 0.4) is 0 Å². The van der Waals surface area contributed by atoms with Crippen LogP contribution in [0.15, 0.2) is 76.1 Å². The minimum absolute atomic E-state index is 0.0877. The quantitative estimate of drug-likeness (QED) is 0.393. The van der Waals surface area contributed by atoms with Crippen molar-refractivity contribution >= 4 is 43.5 Å². The Morgan fingerprint density at radius 1 is 0.919 bits per heavy atom. The number of benzene rings is 3. The minimum Gasteiger partial charge on any atom is -0.357 e. The monoisotopic (exact) mass is 585 g/mol. The van der Waals surface area contributed by atoms with E-state index in [2.05, 4.69) is 21.2 Å². The van der Waals surface area contributed by atoms with E-state index in [1.165, 1.54) is 11.9 Å². The number of carbonyl (C=O) groups is 2. The molecule has 1 atom stereocenters. The fourth-order valence-electron chi connectivity index (χ4n) is 4.01. The fourth-order valence-corrected chi connectivity index (χ4v) is 5.76. The van der Waals surface area contributed by atoms with Crippen molar-refractivity contribution < 1.29 is 18.0 Å². The van der Waals surface area contributed by atoms with Crippen molar-refractivity contribution in [1.82, 2.24) is 10.2 Å². The summed E-state index contributed by atoms with van der Waals surface area (Å²) in [5.41, 5.74) is 3.85. The Kier molecular flexibility index (Phi) is 9.15. The summed E-state index contributed by atoms with van der Waals surface area (Å²) >= 11 is 3.40. The second-order valence-electron chi connectivity index (χ2n) is 9.05. The Morgan fingerprint density at radius 2 is 1.51 bits per heavy atom. The number of nitrogens with zero attached hydrogens (tertiary/aromatic N) is 2. The highest BCUT2D eigenvalue weighted by Crippen LogP contribution is 2.28. The van der Waals surface area contributed by atoms with E-state index in [1.807, 2.05) is 57.2 Å². The predicted octanol–water partition coefficient (Wildman–Crippen LogP) is 4.73. The Labute approximate surface area is 227 Å². The molecule has 3 aromatic carbocycles. The Bertz CT molecular complexity index is 1370. The maximum absolute atomic E-state index is 13.9. The largest absolute Gasteiger partial charge is 0.357 e. The number of nitrogens with one attached hydrogen (secondary N) is 1. The molecule has 0 aliphatic heterocycles. The van der Waals surface area contributed by atoms with Crippen molar-refractivity contribution in [1.29, 1.82) is 0 Å². The average Bonchev–Trinajstić information content (AvgIpc) is 2.86. The first kappa shape index (κ1) is 28.4. The van der Waals surface area contributed by atoms with Crippen LogP contribution < -0.4 is 9.62 Å². The van der Waals surface area contributed by atoms with E-state index in [9.17, 15) is 18.0 Å². The molecular weight excluding hydrogens is 554 g/mol. The summed E-state index contributed by atoms with van der Waals surface area (Å²) < 4.78 is 29.8. The van der Waals surface area contributed by atoms with E-state index >= 15 is 0 Å². The van der Waals surface area contributed by atoms with E-state index in [0.717, 1.165) is 31.0 Å². The van der Waals surface area contributed by atoms with Gasteiger partial charge in [-0.05, 0) is 69.2 Å². The number of carbonyl (C=O) groups excluding carboxylic acids is 2. The summed E-state index contributed by atoms with van der Waals surface area (Å²) in [4.78, 5) is 27.8. The molecule has 0 unspecified atom stereocenters. The van der Waals surface area contributed by atoms with Crippen LogP contribution in [-0.2, 0) is 26.2 Å². The molecule has 0 aliphatic rings. The topological polar surface area (TPSA) is 86.8 Å². The van der Waals surface area contributed by atoms with Gasteiger partial charge in [-0.25, -0.2) is 8.42 Å². The number of halogens is 1. The number of anilines is 1. The lowest BCUT2D eigenvalue weighted by atomic mass is 10.1. The highest BCUT2D eigenvalue weighted by molar-refractivity contribution is 9.10. The van der Waals surface area contributed by atoms with Crippen LogP contribution in [0.1, 0.15) is 29.2 Å². The Hall–Kier alpha value is -3.17. The van der Waals surface area contributed by atoms with Gasteiger partial charge in [0.25, 0.3) is 10.0 Å². The first-order valence-corrected chi connectivity index (χ1v) is 14.1. The molecule has 37 heavy (non-hydrogen) atoms. The summed E-state index contributed by atoms with van der Waals surface area (Å²) in [6, 6.07) is 18.5. The number of hydrogen-bond donors (Lipinski definition) is 1. The summed E-state index contributed by atoms with van der Waals surface area (Å²) in [5, 5.41) is 2.58. The maximum Gasteiger partial charge on any atom is 0.264 e. The molecule has 0 aromatic heterocycles. The molecule has 7 nitrogen and oxygen atoms in total. The van der Waals surface area contributed by atoms with Crippen molar-refractivity contribution in [2.24, 2.45) is 0 Å². The highest BCUT2D eigenvalue weighted by atomic mass is 79.9. The first-order valence-electron chi connectivity index (χ1n) is 11.9. The second-order valence-corrected chi connectivity index (χ2v) is 11.8. The maximum atomic E-state index is 13.9. The normalized spacial score (nSPS) is 12.1. The lowest BCUT2D eigenvalue weighted by Crippen LogP contribution is -2.50. The van der Waals surface area contributed by atoms with Crippen LogP contribution in [0, 0.1) is 20.8 Å². The number of amides is 2. The summed E-state index contributed by atoms with van der Waals surface area (Å²) in [7, 11) is -2.58. The number of likely N-dealkylation sites (N-methyl/N-ethyl adjacent to an activating group) is 1. The van der Waals surface area contributed by atoms with Crippen LogP contribution in [0.2, 0.25) is 0 Å². The SMILES string of the molecule is CNC(=O)[C@H](C)N(Cc1ccc(Br)cc1)C(=O)CN(c1ccc(C)cc1C)S(=O)(=O)c1ccc(C)cc1. The average molecular weight is 587 g/mol. The van der Waals surface area contributed by atoms with E-state index in [4.69, 9.17) is 0 Å². The van der Waals surface area contributed by atoms with Crippen LogP contribution >= 0.6 is 15.9 Å². The third-order valence-corrected chi connectivity index (χ3v) is 8.49. The van der Waals surface area contributed by atoms with E-state index in [-0.39, 0.29) is 17.3 Å². The van der Waals surface area contributed by atoms with Crippen molar-refractivity contribution in [3.8, 4) is 0 Å². The molecule has 0 radical (unpaired) electrons. The predicted molar refractivity (Wildman–Crippen MR) is 150 cm³/mol. The number of hydrogen-bond acceptors (Lipinski definition) is 4. The van der Waals surface area contributed by atoms with Crippen LogP contribution in [0.5, 0.6) is 0 Å². The van der Waals surface area contributed by atoms with Gasteiger partial charge < -0.3 is 10.2 Å². The zero-order chi connectivity index (χ0) is 27.3. The standard InChI is InChI=1S/C28H32BrN3O4S/c1-19-6-13-25(14-7-19)37(35,36)32(26-15-8-20(2)16-21(26)3)18-27(33)31(22(4)28(34)30-5)17-23-9-11-24(29)12-10-23/h6-16,22H,17-18H2,1-5H3,(H,30,34)/t22-/m0/s1. The number of aryl methyl sites for hydroxylation is 3. The zero-order valence-corrected chi connectivity index (χ0v) is 24.1. The van der Waals surface area contributed by atoms with Gasteiger partial charge in [0.15, 0.2) is 0 Å². The van der Waals surface area contributed by atoms with Crippen molar-refractivity contribution in [3.05, 3.63) is 93.5 Å². The summed E-state index contributed by atoms with van der Waals surface area (Å²) in [6.07, 6.45) is 0. The van der Waals surface area contributed by atoms with Gasteiger partial charge in [0.05, 0.1) is 10.6 Å². The fraction of sp³-hybridized carbons (Fsp3) is 0.286. The molecule has 196 valence electrons. The molecule has 0 aliphatic carbocycles. The lowest BCUT2D eigenvalue weighted by Gasteiger charge is -2.32. The van der Waals surface area contributed by atoms with Gasteiger partial charge in [-0.3, -0.25) is 13.9 Å². The summed E-state index contributed by atoms with van der Waals surface area (Å²) in [5.74, 6) is -0.834. The van der Waals surface area contributed by atoms with Gasteiger partial charge >= 0.3 is 0 Å². The van der Waals surface area contributed by atoms with Crippen molar-refractivity contribution in [3.63, 3.8) is 0 Å². The second kappa shape index (κ2) is 11.9. The number of sulfonamides is 1.